The SMILES string of the molecule is COCCCC(O)[Si](C)(C)C. The summed E-state index contributed by atoms with van der Waals surface area (Å²) in [7, 11) is 0.385. The first-order chi connectivity index (χ1) is 4.98. The van der Waals surface area contributed by atoms with Gasteiger partial charge in [0, 0.05) is 19.4 Å². The van der Waals surface area contributed by atoms with E-state index in [1.807, 2.05) is 0 Å². The van der Waals surface area contributed by atoms with Gasteiger partial charge in [0.2, 0.25) is 0 Å². The minimum absolute atomic E-state index is 0.0716. The molecule has 0 fully saturated rings. The Labute approximate surface area is 70.6 Å². The minimum atomic E-state index is -1.31. The van der Waals surface area contributed by atoms with Crippen LogP contribution in [0, 0.1) is 0 Å². The van der Waals surface area contributed by atoms with Crippen LogP contribution < -0.4 is 0 Å². The second-order valence-electron chi connectivity index (χ2n) is 4.02. The van der Waals surface area contributed by atoms with Gasteiger partial charge >= 0.3 is 0 Å². The zero-order chi connectivity index (χ0) is 8.91. The summed E-state index contributed by atoms with van der Waals surface area (Å²) in [4.78, 5) is 0. The maximum atomic E-state index is 9.62. The molecule has 0 spiro atoms. The summed E-state index contributed by atoms with van der Waals surface area (Å²) in [6.45, 7) is 7.32. The van der Waals surface area contributed by atoms with Gasteiger partial charge in [0.05, 0.1) is 8.07 Å². The van der Waals surface area contributed by atoms with Crippen molar-refractivity contribution in [2.75, 3.05) is 13.7 Å². The summed E-state index contributed by atoms with van der Waals surface area (Å²) in [6, 6.07) is 0. The van der Waals surface area contributed by atoms with Gasteiger partial charge in [-0.1, -0.05) is 19.6 Å². The van der Waals surface area contributed by atoms with E-state index in [4.69, 9.17) is 4.74 Å². The normalized spacial score (nSPS) is 15.0. The molecule has 0 saturated carbocycles. The number of aliphatic hydroxyl groups excluding tert-OH is 1. The quantitative estimate of drug-likeness (QED) is 0.510. The Kier molecular flexibility index (Phi) is 4.96. The van der Waals surface area contributed by atoms with Crippen molar-refractivity contribution in [3.8, 4) is 0 Å². The maximum Gasteiger partial charge on any atom is 0.0781 e. The van der Waals surface area contributed by atoms with Crippen LogP contribution in [0.1, 0.15) is 12.8 Å². The molecule has 1 N–H and O–H groups in total. The van der Waals surface area contributed by atoms with Gasteiger partial charge in [0.1, 0.15) is 0 Å². The predicted molar refractivity (Wildman–Crippen MR) is 50.5 cm³/mol. The molecule has 0 rings (SSSR count). The van der Waals surface area contributed by atoms with Crippen molar-refractivity contribution in [1.82, 2.24) is 0 Å². The molecule has 0 aliphatic heterocycles. The third kappa shape index (κ3) is 5.41. The number of hydrogen-bond donors (Lipinski definition) is 1. The van der Waals surface area contributed by atoms with Crippen molar-refractivity contribution in [2.24, 2.45) is 0 Å². The lowest BCUT2D eigenvalue weighted by Gasteiger charge is -2.23. The third-order valence-electron chi connectivity index (χ3n) is 1.83. The largest absolute Gasteiger partial charge is 0.397 e. The summed E-state index contributed by atoms with van der Waals surface area (Å²) < 4.78 is 4.91. The molecule has 0 amide bonds. The van der Waals surface area contributed by atoms with Crippen molar-refractivity contribution in [2.45, 2.75) is 38.2 Å². The second kappa shape index (κ2) is 4.90. The highest BCUT2D eigenvalue weighted by atomic mass is 28.3. The smallest absolute Gasteiger partial charge is 0.0781 e. The number of rotatable bonds is 5. The summed E-state index contributed by atoms with van der Waals surface area (Å²) >= 11 is 0. The van der Waals surface area contributed by atoms with Gasteiger partial charge in [-0.3, -0.25) is 0 Å². The van der Waals surface area contributed by atoms with Crippen molar-refractivity contribution in [3.05, 3.63) is 0 Å². The fourth-order valence-corrected chi connectivity index (χ4v) is 1.92. The van der Waals surface area contributed by atoms with Crippen LogP contribution in [0.15, 0.2) is 0 Å². The highest BCUT2D eigenvalue weighted by Gasteiger charge is 2.23. The third-order valence-corrected chi connectivity index (χ3v) is 4.11. The van der Waals surface area contributed by atoms with Crippen molar-refractivity contribution < 1.29 is 9.84 Å². The standard InChI is InChI=1S/C8H20O2Si/c1-10-7-5-6-8(9)11(2,3)4/h8-9H,5-7H2,1-4H3. The summed E-state index contributed by atoms with van der Waals surface area (Å²) in [5.74, 6) is 0. The zero-order valence-corrected chi connectivity index (χ0v) is 9.05. The fourth-order valence-electron chi connectivity index (χ4n) is 0.854. The van der Waals surface area contributed by atoms with Crippen molar-refractivity contribution in [3.63, 3.8) is 0 Å². The van der Waals surface area contributed by atoms with E-state index in [9.17, 15) is 5.11 Å². The molecular formula is C8H20O2Si. The molecule has 0 bridgehead atoms. The molecule has 2 nitrogen and oxygen atoms in total. The van der Waals surface area contributed by atoms with Crippen molar-refractivity contribution in [1.29, 1.82) is 0 Å². The van der Waals surface area contributed by atoms with Crippen molar-refractivity contribution >= 4 is 8.07 Å². The molecule has 0 heterocycles. The van der Waals surface area contributed by atoms with E-state index < -0.39 is 8.07 Å². The van der Waals surface area contributed by atoms with E-state index in [-0.39, 0.29) is 5.73 Å². The van der Waals surface area contributed by atoms with E-state index in [0.29, 0.717) is 0 Å². The highest BCUT2D eigenvalue weighted by molar-refractivity contribution is 6.77. The Morgan fingerprint density at radius 3 is 2.27 bits per heavy atom. The average Bonchev–Trinajstić information content (AvgIpc) is 1.86. The molecule has 0 saturated heterocycles. The van der Waals surface area contributed by atoms with Gasteiger partial charge in [0.15, 0.2) is 0 Å². The van der Waals surface area contributed by atoms with Crippen LogP contribution in [0.2, 0.25) is 19.6 Å². The highest BCUT2D eigenvalue weighted by Crippen LogP contribution is 2.12. The predicted octanol–water partition coefficient (Wildman–Crippen LogP) is 1.65. The van der Waals surface area contributed by atoms with Crippen LogP contribution >= 0.6 is 0 Å². The Bertz CT molecular complexity index is 98.8. The maximum absolute atomic E-state index is 9.62. The molecular weight excluding hydrogens is 156 g/mol. The molecule has 1 unspecified atom stereocenters. The summed E-state index contributed by atoms with van der Waals surface area (Å²) in [6.07, 6.45) is 1.87. The van der Waals surface area contributed by atoms with Gasteiger partial charge in [-0.15, -0.1) is 0 Å². The monoisotopic (exact) mass is 176 g/mol. The first-order valence-electron chi connectivity index (χ1n) is 4.15. The van der Waals surface area contributed by atoms with Gasteiger partial charge in [-0.2, -0.15) is 0 Å². The van der Waals surface area contributed by atoms with Gasteiger partial charge < -0.3 is 9.84 Å². The molecule has 1 atom stereocenters. The fraction of sp³-hybridized carbons (Fsp3) is 1.00. The van der Waals surface area contributed by atoms with Crippen LogP contribution in [-0.4, -0.2) is 32.6 Å². The molecule has 0 aromatic rings. The molecule has 0 aliphatic carbocycles. The van der Waals surface area contributed by atoms with E-state index in [1.165, 1.54) is 0 Å². The Hall–Kier alpha value is 0.137. The van der Waals surface area contributed by atoms with Crippen LogP contribution in [0.5, 0.6) is 0 Å². The number of methoxy groups -OCH3 is 1. The number of hydrogen-bond acceptors (Lipinski definition) is 2. The van der Waals surface area contributed by atoms with Crippen LogP contribution in [0.25, 0.3) is 0 Å². The van der Waals surface area contributed by atoms with Crippen LogP contribution in [-0.2, 0) is 4.74 Å². The van der Waals surface area contributed by atoms with Crippen LogP contribution in [0.4, 0.5) is 0 Å². The molecule has 68 valence electrons. The second-order valence-corrected chi connectivity index (χ2v) is 9.42. The number of aliphatic hydroxyl groups is 1. The van der Waals surface area contributed by atoms with E-state index >= 15 is 0 Å². The van der Waals surface area contributed by atoms with E-state index in [1.54, 1.807) is 7.11 Å². The molecule has 0 aromatic carbocycles. The Balaban J connectivity index is 3.44. The van der Waals surface area contributed by atoms with Gasteiger partial charge in [0.25, 0.3) is 0 Å². The van der Waals surface area contributed by atoms with E-state index in [0.717, 1.165) is 19.4 Å². The average molecular weight is 176 g/mol. The summed E-state index contributed by atoms with van der Waals surface area (Å²) in [5.41, 5.74) is -0.0716. The van der Waals surface area contributed by atoms with Gasteiger partial charge in [-0.05, 0) is 12.8 Å². The Morgan fingerprint density at radius 1 is 1.36 bits per heavy atom. The number of ether oxygens (including phenoxy) is 1. The Morgan fingerprint density at radius 2 is 1.91 bits per heavy atom. The van der Waals surface area contributed by atoms with E-state index in [2.05, 4.69) is 19.6 Å². The van der Waals surface area contributed by atoms with Gasteiger partial charge in [-0.25, -0.2) is 0 Å². The molecule has 0 aromatic heterocycles. The lowest BCUT2D eigenvalue weighted by Crippen LogP contribution is -2.38. The minimum Gasteiger partial charge on any atom is -0.397 e. The summed E-state index contributed by atoms with van der Waals surface area (Å²) in [5, 5.41) is 9.62. The first-order valence-corrected chi connectivity index (χ1v) is 7.73. The first kappa shape index (κ1) is 11.1. The lowest BCUT2D eigenvalue weighted by atomic mass is 10.3. The topological polar surface area (TPSA) is 29.5 Å². The molecule has 11 heavy (non-hydrogen) atoms. The molecule has 0 radical (unpaired) electrons. The molecule has 0 aliphatic rings. The molecule has 3 heteroatoms. The lowest BCUT2D eigenvalue weighted by molar-refractivity contribution is 0.168. The van der Waals surface area contributed by atoms with Crippen LogP contribution in [0.3, 0.4) is 0 Å². The zero-order valence-electron chi connectivity index (χ0n) is 8.05.